The summed E-state index contributed by atoms with van der Waals surface area (Å²) in [5, 5.41) is 4.61. The smallest absolute Gasteiger partial charge is 0.122 e. The van der Waals surface area contributed by atoms with E-state index >= 15 is 0 Å². The first-order valence-corrected chi connectivity index (χ1v) is 7.50. The van der Waals surface area contributed by atoms with Crippen molar-refractivity contribution in [1.82, 2.24) is 9.78 Å². The predicted molar refractivity (Wildman–Crippen MR) is 85.6 cm³/mol. The highest BCUT2D eigenvalue weighted by molar-refractivity contribution is 5.33. The van der Waals surface area contributed by atoms with Crippen LogP contribution in [0.1, 0.15) is 31.1 Å². The third kappa shape index (κ3) is 4.08. The summed E-state index contributed by atoms with van der Waals surface area (Å²) in [6, 6.07) is 10.6. The summed E-state index contributed by atoms with van der Waals surface area (Å²) < 4.78 is 7.41. The number of methoxy groups -OCH3 is 1. The normalized spacial score (nSPS) is 12.6. The minimum atomic E-state index is 0.372. The Kier molecular flexibility index (Phi) is 5.39. The Morgan fingerprint density at radius 3 is 2.57 bits per heavy atom. The fraction of sp³-hybridized carbons (Fsp3) is 0.471. The van der Waals surface area contributed by atoms with Crippen molar-refractivity contribution in [2.24, 2.45) is 11.7 Å². The average Bonchev–Trinajstić information content (AvgIpc) is 2.96. The monoisotopic (exact) mass is 287 g/mol. The van der Waals surface area contributed by atoms with Gasteiger partial charge in [0, 0.05) is 12.2 Å². The van der Waals surface area contributed by atoms with E-state index in [9.17, 15) is 0 Å². The Bertz CT molecular complexity index is 563. The van der Waals surface area contributed by atoms with Crippen LogP contribution in [-0.4, -0.2) is 23.4 Å². The molecule has 2 N–H and O–H groups in total. The van der Waals surface area contributed by atoms with Crippen molar-refractivity contribution < 1.29 is 4.74 Å². The molecule has 0 aliphatic carbocycles. The highest BCUT2D eigenvalue weighted by Gasteiger charge is 2.14. The van der Waals surface area contributed by atoms with E-state index in [4.69, 9.17) is 10.5 Å². The third-order valence-electron chi connectivity index (χ3n) is 3.72. The molecule has 1 heterocycles. The lowest BCUT2D eigenvalue weighted by Gasteiger charge is -2.15. The summed E-state index contributed by atoms with van der Waals surface area (Å²) in [6.45, 7) is 4.91. The van der Waals surface area contributed by atoms with E-state index in [1.54, 1.807) is 7.11 Å². The maximum Gasteiger partial charge on any atom is 0.122 e. The Labute approximate surface area is 126 Å². The second kappa shape index (κ2) is 7.27. The molecule has 0 spiro atoms. The van der Waals surface area contributed by atoms with Crippen molar-refractivity contribution >= 4 is 0 Å². The molecular weight excluding hydrogens is 262 g/mol. The van der Waals surface area contributed by atoms with Crippen LogP contribution < -0.4 is 10.5 Å². The van der Waals surface area contributed by atoms with Gasteiger partial charge in [0.15, 0.2) is 0 Å². The van der Waals surface area contributed by atoms with Crippen LogP contribution in [0.25, 0.3) is 0 Å². The number of hydrogen-bond donors (Lipinski definition) is 1. The Hall–Kier alpha value is -1.81. The zero-order chi connectivity index (χ0) is 15.2. The number of ether oxygens (including phenoxy) is 1. The maximum atomic E-state index is 5.95. The molecule has 0 fully saturated rings. The van der Waals surface area contributed by atoms with Gasteiger partial charge in [0.1, 0.15) is 5.75 Å². The molecule has 1 aromatic carbocycles. The molecule has 4 nitrogen and oxygen atoms in total. The lowest BCUT2D eigenvalue weighted by molar-refractivity contribution is 0.403. The fourth-order valence-corrected chi connectivity index (χ4v) is 2.49. The zero-order valence-electron chi connectivity index (χ0n) is 13.1. The van der Waals surface area contributed by atoms with Crippen LogP contribution in [0.3, 0.4) is 0 Å². The number of benzene rings is 1. The molecule has 2 aromatic rings. The molecule has 0 radical (unpaired) electrons. The third-order valence-corrected chi connectivity index (χ3v) is 3.72. The first-order valence-electron chi connectivity index (χ1n) is 7.50. The van der Waals surface area contributed by atoms with Crippen molar-refractivity contribution in [3.8, 4) is 5.75 Å². The van der Waals surface area contributed by atoms with Crippen molar-refractivity contribution in [3.05, 3.63) is 47.8 Å². The first kappa shape index (κ1) is 15.6. The summed E-state index contributed by atoms with van der Waals surface area (Å²) in [7, 11) is 1.71. The van der Waals surface area contributed by atoms with Crippen LogP contribution in [0.15, 0.2) is 36.5 Å². The summed E-state index contributed by atoms with van der Waals surface area (Å²) >= 11 is 0. The molecule has 114 valence electrons. The summed E-state index contributed by atoms with van der Waals surface area (Å²) in [4.78, 5) is 0. The first-order chi connectivity index (χ1) is 10.1. The van der Waals surface area contributed by atoms with Crippen molar-refractivity contribution in [3.63, 3.8) is 0 Å². The molecule has 4 heteroatoms. The van der Waals surface area contributed by atoms with E-state index in [0.717, 1.165) is 24.3 Å². The van der Waals surface area contributed by atoms with Gasteiger partial charge in [-0.3, -0.25) is 4.68 Å². The van der Waals surface area contributed by atoms with E-state index in [2.05, 4.69) is 31.1 Å². The molecule has 1 unspecified atom stereocenters. The topological polar surface area (TPSA) is 53.1 Å². The Morgan fingerprint density at radius 2 is 1.95 bits per heavy atom. The van der Waals surface area contributed by atoms with Gasteiger partial charge in [0.25, 0.3) is 0 Å². The van der Waals surface area contributed by atoms with Crippen LogP contribution in [0.2, 0.25) is 0 Å². The maximum absolute atomic E-state index is 5.95. The molecule has 0 aliphatic rings. The molecule has 0 saturated heterocycles. The van der Waals surface area contributed by atoms with Crippen molar-refractivity contribution in [1.29, 1.82) is 0 Å². The minimum Gasteiger partial charge on any atom is -0.496 e. The van der Waals surface area contributed by atoms with Gasteiger partial charge in [-0.05, 0) is 56.8 Å². The van der Waals surface area contributed by atoms with E-state index < -0.39 is 0 Å². The quantitative estimate of drug-likeness (QED) is 0.852. The molecule has 0 saturated carbocycles. The molecule has 21 heavy (non-hydrogen) atoms. The number of nitrogens with zero attached hydrogens (tertiary/aromatic N) is 2. The Balaban J connectivity index is 2.05. The number of para-hydroxylation sites is 1. The second-order valence-electron chi connectivity index (χ2n) is 5.70. The van der Waals surface area contributed by atoms with Crippen LogP contribution in [0.4, 0.5) is 0 Å². The average molecular weight is 287 g/mol. The van der Waals surface area contributed by atoms with Gasteiger partial charge in [-0.1, -0.05) is 18.2 Å². The zero-order valence-corrected chi connectivity index (χ0v) is 13.1. The van der Waals surface area contributed by atoms with Crippen molar-refractivity contribution in [2.75, 3.05) is 13.7 Å². The largest absolute Gasteiger partial charge is 0.496 e. The molecular formula is C17H25N3O. The number of hydrogen-bond acceptors (Lipinski definition) is 3. The number of aromatic nitrogens is 2. The van der Waals surface area contributed by atoms with Gasteiger partial charge in [0.05, 0.1) is 12.8 Å². The van der Waals surface area contributed by atoms with Gasteiger partial charge >= 0.3 is 0 Å². The summed E-state index contributed by atoms with van der Waals surface area (Å²) in [5.41, 5.74) is 8.26. The van der Waals surface area contributed by atoms with Crippen LogP contribution in [0, 0.1) is 5.92 Å². The lowest BCUT2D eigenvalue weighted by atomic mass is 9.94. The van der Waals surface area contributed by atoms with Crippen molar-refractivity contribution in [2.45, 2.75) is 32.7 Å². The van der Waals surface area contributed by atoms with Crippen LogP contribution in [0.5, 0.6) is 5.75 Å². The molecule has 0 amide bonds. The van der Waals surface area contributed by atoms with E-state index in [0.29, 0.717) is 18.5 Å². The fourth-order valence-electron chi connectivity index (χ4n) is 2.49. The number of rotatable bonds is 7. The SMILES string of the molecule is COc1ccccc1CC(CN)Cc1ccn(C(C)C)n1. The molecule has 0 bridgehead atoms. The van der Waals surface area contributed by atoms with E-state index in [1.807, 2.05) is 29.1 Å². The number of nitrogens with two attached hydrogens (primary N) is 1. The van der Waals surface area contributed by atoms with E-state index in [1.165, 1.54) is 5.56 Å². The molecule has 2 rings (SSSR count). The summed E-state index contributed by atoms with van der Waals surface area (Å²) in [5.74, 6) is 1.31. The second-order valence-corrected chi connectivity index (χ2v) is 5.70. The van der Waals surface area contributed by atoms with Gasteiger partial charge in [-0.15, -0.1) is 0 Å². The highest BCUT2D eigenvalue weighted by Crippen LogP contribution is 2.22. The van der Waals surface area contributed by atoms with Gasteiger partial charge in [-0.2, -0.15) is 5.10 Å². The predicted octanol–water partition coefficient (Wildman–Crippen LogP) is 2.83. The minimum absolute atomic E-state index is 0.372. The van der Waals surface area contributed by atoms with Crippen LogP contribution in [-0.2, 0) is 12.8 Å². The van der Waals surface area contributed by atoms with Gasteiger partial charge < -0.3 is 10.5 Å². The standard InChI is InChI=1S/C17H25N3O/c1-13(2)20-9-8-16(19-20)11-14(12-18)10-15-6-4-5-7-17(15)21-3/h4-9,13-14H,10-12,18H2,1-3H3. The van der Waals surface area contributed by atoms with E-state index in [-0.39, 0.29) is 0 Å². The Morgan fingerprint density at radius 1 is 1.19 bits per heavy atom. The van der Waals surface area contributed by atoms with Gasteiger partial charge in [0.2, 0.25) is 0 Å². The molecule has 0 aliphatic heterocycles. The highest BCUT2D eigenvalue weighted by atomic mass is 16.5. The van der Waals surface area contributed by atoms with Crippen LogP contribution >= 0.6 is 0 Å². The van der Waals surface area contributed by atoms with Gasteiger partial charge in [-0.25, -0.2) is 0 Å². The lowest BCUT2D eigenvalue weighted by Crippen LogP contribution is -2.20. The summed E-state index contributed by atoms with van der Waals surface area (Å²) in [6.07, 6.45) is 3.85. The molecule has 1 aromatic heterocycles. The molecule has 1 atom stereocenters.